The molecule has 0 aliphatic rings. The minimum atomic E-state index is -0.0251. The minimum Gasteiger partial charge on any atom is -0.361 e. The van der Waals surface area contributed by atoms with E-state index in [1.165, 1.54) is 11.5 Å². The van der Waals surface area contributed by atoms with Crippen LogP contribution >= 0.6 is 11.5 Å². The number of nitrogens with zero attached hydrogens (tertiary/aromatic N) is 3. The van der Waals surface area contributed by atoms with E-state index in [9.17, 15) is 0 Å². The predicted molar refractivity (Wildman–Crippen MR) is 76.6 cm³/mol. The highest BCUT2D eigenvalue weighted by molar-refractivity contribution is 7.09. The van der Waals surface area contributed by atoms with E-state index >= 15 is 0 Å². The zero-order chi connectivity index (χ0) is 14.2. The highest BCUT2D eigenvalue weighted by atomic mass is 32.1. The van der Waals surface area contributed by atoms with Crippen LogP contribution in [0, 0.1) is 13.8 Å². The molecule has 0 saturated heterocycles. The van der Waals surface area contributed by atoms with E-state index in [1.54, 1.807) is 0 Å². The summed E-state index contributed by atoms with van der Waals surface area (Å²) in [7, 11) is 0. The lowest BCUT2D eigenvalue weighted by Gasteiger charge is -2.13. The first-order valence-corrected chi connectivity index (χ1v) is 7.10. The van der Waals surface area contributed by atoms with Gasteiger partial charge in [0.25, 0.3) is 0 Å². The van der Waals surface area contributed by atoms with E-state index in [2.05, 4.69) is 47.5 Å². The van der Waals surface area contributed by atoms with Gasteiger partial charge in [-0.2, -0.15) is 4.37 Å². The molecular weight excluding hydrogens is 260 g/mol. The lowest BCUT2D eigenvalue weighted by atomic mass is 9.96. The number of rotatable bonds is 3. The Morgan fingerprint density at radius 1 is 1.26 bits per heavy atom. The molecule has 0 aromatic carbocycles. The molecule has 0 radical (unpaired) electrons. The van der Waals surface area contributed by atoms with Crippen molar-refractivity contribution in [3.8, 4) is 0 Å². The molecular formula is C13H20N4OS. The Bertz CT molecular complexity index is 548. The monoisotopic (exact) mass is 280 g/mol. The Morgan fingerprint density at radius 3 is 2.42 bits per heavy atom. The highest BCUT2D eigenvalue weighted by Gasteiger charge is 2.21. The molecule has 0 fully saturated rings. The molecule has 5 nitrogen and oxygen atoms in total. The third kappa shape index (κ3) is 2.94. The average molecular weight is 280 g/mol. The Morgan fingerprint density at radius 2 is 1.95 bits per heavy atom. The fraction of sp³-hybridized carbons (Fsp3) is 0.615. The normalized spacial score (nSPS) is 13.6. The molecule has 0 aliphatic heterocycles. The molecule has 1 atom stereocenters. The van der Waals surface area contributed by atoms with E-state index in [-0.39, 0.29) is 11.5 Å². The summed E-state index contributed by atoms with van der Waals surface area (Å²) in [5, 5.41) is 8.17. The van der Waals surface area contributed by atoms with Gasteiger partial charge in [0.2, 0.25) is 5.13 Å². The average Bonchev–Trinajstić information content (AvgIpc) is 2.85. The third-order valence-electron chi connectivity index (χ3n) is 2.96. The Balaban J connectivity index is 2.16. The third-order valence-corrected chi connectivity index (χ3v) is 3.60. The first-order chi connectivity index (χ1) is 8.79. The van der Waals surface area contributed by atoms with E-state index in [0.29, 0.717) is 0 Å². The highest BCUT2D eigenvalue weighted by Crippen LogP contribution is 2.28. The van der Waals surface area contributed by atoms with Crippen LogP contribution in [-0.4, -0.2) is 14.5 Å². The zero-order valence-corrected chi connectivity index (χ0v) is 13.1. The number of anilines is 1. The molecule has 0 spiro atoms. The number of aryl methyl sites for hydroxylation is 2. The summed E-state index contributed by atoms with van der Waals surface area (Å²) >= 11 is 1.39. The maximum atomic E-state index is 5.19. The van der Waals surface area contributed by atoms with Gasteiger partial charge in [-0.05, 0) is 20.8 Å². The molecule has 2 heterocycles. The number of hydrogen-bond donors (Lipinski definition) is 1. The number of aromatic nitrogens is 3. The lowest BCUT2D eigenvalue weighted by Crippen LogP contribution is -2.14. The molecule has 0 bridgehead atoms. The van der Waals surface area contributed by atoms with E-state index in [4.69, 9.17) is 4.52 Å². The topological polar surface area (TPSA) is 63.8 Å². The maximum absolute atomic E-state index is 5.19. The van der Waals surface area contributed by atoms with Gasteiger partial charge in [0.15, 0.2) is 0 Å². The SMILES string of the molecule is Cc1noc(C)c1C(C)Nc1nc(C(C)(C)C)ns1. The predicted octanol–water partition coefficient (Wildman–Crippen LogP) is 3.61. The molecule has 2 aromatic heterocycles. The summed E-state index contributed by atoms with van der Waals surface area (Å²) in [5.41, 5.74) is 1.98. The van der Waals surface area contributed by atoms with Crippen LogP contribution in [0.25, 0.3) is 0 Å². The van der Waals surface area contributed by atoms with Crippen molar-refractivity contribution in [3.63, 3.8) is 0 Å². The molecule has 2 aromatic rings. The van der Waals surface area contributed by atoms with Crippen molar-refractivity contribution in [3.05, 3.63) is 22.8 Å². The smallest absolute Gasteiger partial charge is 0.203 e. The van der Waals surface area contributed by atoms with Gasteiger partial charge >= 0.3 is 0 Å². The maximum Gasteiger partial charge on any atom is 0.203 e. The summed E-state index contributed by atoms with van der Waals surface area (Å²) in [6.45, 7) is 12.3. The van der Waals surface area contributed by atoms with Crippen molar-refractivity contribution < 1.29 is 4.52 Å². The molecule has 0 amide bonds. The summed E-state index contributed by atoms with van der Waals surface area (Å²) in [6.07, 6.45) is 0. The molecule has 2 rings (SSSR count). The van der Waals surface area contributed by atoms with Crippen molar-refractivity contribution in [1.82, 2.24) is 14.5 Å². The fourth-order valence-electron chi connectivity index (χ4n) is 1.95. The molecule has 1 unspecified atom stereocenters. The van der Waals surface area contributed by atoms with Crippen LogP contribution < -0.4 is 5.32 Å². The lowest BCUT2D eigenvalue weighted by molar-refractivity contribution is 0.392. The van der Waals surface area contributed by atoms with Crippen molar-refractivity contribution in [2.45, 2.75) is 53.0 Å². The summed E-state index contributed by atoms with van der Waals surface area (Å²) in [4.78, 5) is 4.54. The first kappa shape index (κ1) is 14.0. The summed E-state index contributed by atoms with van der Waals surface area (Å²) in [6, 6.07) is 0.104. The largest absolute Gasteiger partial charge is 0.361 e. The second-order valence-corrected chi connectivity index (χ2v) is 6.53. The minimum absolute atomic E-state index is 0.0251. The van der Waals surface area contributed by atoms with Crippen molar-refractivity contribution in [2.24, 2.45) is 0 Å². The van der Waals surface area contributed by atoms with Crippen LogP contribution in [0.4, 0.5) is 5.13 Å². The van der Waals surface area contributed by atoms with Crippen LogP contribution in [-0.2, 0) is 5.41 Å². The Labute approximate surface area is 117 Å². The van der Waals surface area contributed by atoms with Crippen molar-refractivity contribution in [2.75, 3.05) is 5.32 Å². The second kappa shape index (κ2) is 4.92. The van der Waals surface area contributed by atoms with Gasteiger partial charge in [-0.1, -0.05) is 25.9 Å². The van der Waals surface area contributed by atoms with Crippen LogP contribution in [0.3, 0.4) is 0 Å². The summed E-state index contributed by atoms with van der Waals surface area (Å²) in [5.74, 6) is 1.71. The molecule has 1 N–H and O–H groups in total. The molecule has 6 heteroatoms. The van der Waals surface area contributed by atoms with Crippen LogP contribution in [0.15, 0.2) is 4.52 Å². The standard InChI is InChI=1S/C13H20N4OS/c1-7(10-8(2)16-18-9(10)3)14-12-15-11(17-19-12)13(4,5)6/h7H,1-6H3,(H,14,15,17). The van der Waals surface area contributed by atoms with E-state index in [0.717, 1.165) is 28.0 Å². The number of nitrogens with one attached hydrogen (secondary N) is 1. The van der Waals surface area contributed by atoms with Gasteiger partial charge in [-0.3, -0.25) is 0 Å². The molecule has 0 saturated carbocycles. The van der Waals surface area contributed by atoms with Crippen molar-refractivity contribution in [1.29, 1.82) is 0 Å². The fourth-order valence-corrected chi connectivity index (χ4v) is 2.80. The Kier molecular flexibility index (Phi) is 3.62. The Hall–Kier alpha value is -1.43. The van der Waals surface area contributed by atoms with Gasteiger partial charge in [0.05, 0.1) is 11.7 Å². The molecule has 0 aliphatic carbocycles. The van der Waals surface area contributed by atoms with Crippen LogP contribution in [0.2, 0.25) is 0 Å². The van der Waals surface area contributed by atoms with Crippen LogP contribution in [0.5, 0.6) is 0 Å². The molecule has 104 valence electrons. The second-order valence-electron chi connectivity index (χ2n) is 5.78. The van der Waals surface area contributed by atoms with Gasteiger partial charge in [0.1, 0.15) is 11.6 Å². The first-order valence-electron chi connectivity index (χ1n) is 6.32. The van der Waals surface area contributed by atoms with Crippen molar-refractivity contribution >= 4 is 16.7 Å². The zero-order valence-electron chi connectivity index (χ0n) is 12.2. The quantitative estimate of drug-likeness (QED) is 0.930. The van der Waals surface area contributed by atoms with E-state index < -0.39 is 0 Å². The summed E-state index contributed by atoms with van der Waals surface area (Å²) < 4.78 is 9.59. The van der Waals surface area contributed by atoms with Gasteiger partial charge in [-0.25, -0.2) is 4.98 Å². The van der Waals surface area contributed by atoms with Gasteiger partial charge in [0, 0.05) is 22.5 Å². The number of hydrogen-bond acceptors (Lipinski definition) is 6. The van der Waals surface area contributed by atoms with E-state index in [1.807, 2.05) is 13.8 Å². The van der Waals surface area contributed by atoms with Gasteiger partial charge in [-0.15, -0.1) is 0 Å². The van der Waals surface area contributed by atoms with Gasteiger partial charge < -0.3 is 9.84 Å². The van der Waals surface area contributed by atoms with Crippen LogP contribution in [0.1, 0.15) is 56.6 Å². The molecule has 19 heavy (non-hydrogen) atoms.